The van der Waals surface area contributed by atoms with Crippen molar-refractivity contribution in [2.24, 2.45) is 0 Å². The van der Waals surface area contributed by atoms with Gasteiger partial charge in [-0.3, -0.25) is 33.9 Å². The fourth-order valence-electron chi connectivity index (χ4n) is 3.09. The van der Waals surface area contributed by atoms with Crippen LogP contribution in [0.2, 0.25) is 0 Å². The molecule has 0 fully saturated rings. The predicted molar refractivity (Wildman–Crippen MR) is 110 cm³/mol. The molecular formula is C20H26F3N3O8. The zero-order valence-electron chi connectivity index (χ0n) is 18.1. The van der Waals surface area contributed by atoms with E-state index in [4.69, 9.17) is 20.4 Å². The van der Waals surface area contributed by atoms with E-state index in [1.165, 1.54) is 21.9 Å². The molecule has 0 unspecified atom stereocenters. The third-order valence-electron chi connectivity index (χ3n) is 4.59. The van der Waals surface area contributed by atoms with Crippen LogP contribution in [-0.2, 0) is 31.9 Å². The molecule has 0 aromatic heterocycles. The summed E-state index contributed by atoms with van der Waals surface area (Å²) in [6, 6.07) is 4.21. The van der Waals surface area contributed by atoms with Gasteiger partial charge in [0.05, 0.1) is 31.7 Å². The number of aliphatic carboxylic acids is 4. The first-order valence-corrected chi connectivity index (χ1v) is 9.96. The van der Waals surface area contributed by atoms with Crippen LogP contribution in [0.25, 0.3) is 0 Å². The predicted octanol–water partition coefficient (Wildman–Crippen LogP) is 0.450. The van der Waals surface area contributed by atoms with E-state index in [-0.39, 0.29) is 32.7 Å². The van der Waals surface area contributed by atoms with Gasteiger partial charge in [0.15, 0.2) is 0 Å². The molecule has 0 radical (unpaired) electrons. The minimum Gasteiger partial charge on any atom is -0.480 e. The monoisotopic (exact) mass is 493 g/mol. The van der Waals surface area contributed by atoms with E-state index in [0.717, 1.165) is 17.0 Å². The van der Waals surface area contributed by atoms with Crippen molar-refractivity contribution in [3.8, 4) is 0 Å². The molecule has 0 amide bonds. The lowest BCUT2D eigenvalue weighted by Crippen LogP contribution is -2.44. The Morgan fingerprint density at radius 1 is 0.618 bits per heavy atom. The second-order valence-corrected chi connectivity index (χ2v) is 7.47. The Hall–Kier alpha value is -3.23. The minimum absolute atomic E-state index is 0.00446. The molecule has 4 N–H and O–H groups in total. The van der Waals surface area contributed by atoms with Crippen molar-refractivity contribution in [1.29, 1.82) is 0 Å². The van der Waals surface area contributed by atoms with Crippen molar-refractivity contribution in [2.45, 2.75) is 12.7 Å². The summed E-state index contributed by atoms with van der Waals surface area (Å²) in [6.07, 6.45) is -4.51. The largest absolute Gasteiger partial charge is 0.480 e. The molecule has 0 saturated carbocycles. The highest BCUT2D eigenvalue weighted by molar-refractivity contribution is 5.72. The Kier molecular flexibility index (Phi) is 11.4. The average Bonchev–Trinajstić information content (AvgIpc) is 2.67. The maximum Gasteiger partial charge on any atom is 0.416 e. The summed E-state index contributed by atoms with van der Waals surface area (Å²) < 4.78 is 38.2. The highest BCUT2D eigenvalue weighted by Crippen LogP contribution is 2.29. The van der Waals surface area contributed by atoms with Crippen LogP contribution in [0, 0.1) is 0 Å². The lowest BCUT2D eigenvalue weighted by atomic mass is 10.1. The van der Waals surface area contributed by atoms with Gasteiger partial charge >= 0.3 is 30.1 Å². The average molecular weight is 493 g/mol. The number of benzene rings is 1. The van der Waals surface area contributed by atoms with Crippen molar-refractivity contribution >= 4 is 23.9 Å². The summed E-state index contributed by atoms with van der Waals surface area (Å²) in [5, 5.41) is 36.1. The van der Waals surface area contributed by atoms with Crippen molar-refractivity contribution in [1.82, 2.24) is 14.7 Å². The van der Waals surface area contributed by atoms with E-state index in [2.05, 4.69) is 0 Å². The van der Waals surface area contributed by atoms with E-state index >= 15 is 0 Å². The molecule has 0 saturated heterocycles. The maximum atomic E-state index is 12.7. The second kappa shape index (κ2) is 13.5. The van der Waals surface area contributed by atoms with Gasteiger partial charge in [0.25, 0.3) is 0 Å². The van der Waals surface area contributed by atoms with Crippen LogP contribution in [0.4, 0.5) is 13.2 Å². The first-order chi connectivity index (χ1) is 15.8. The van der Waals surface area contributed by atoms with Crippen LogP contribution in [0.5, 0.6) is 0 Å². The summed E-state index contributed by atoms with van der Waals surface area (Å²) in [4.78, 5) is 48.1. The fraction of sp³-hybridized carbons (Fsp3) is 0.500. The Morgan fingerprint density at radius 2 is 0.971 bits per heavy atom. The number of nitrogens with zero attached hydrogens (tertiary/aromatic N) is 3. The van der Waals surface area contributed by atoms with Crippen LogP contribution in [-0.4, -0.2) is 111 Å². The number of carbonyl (C=O) groups is 4. The van der Waals surface area contributed by atoms with Gasteiger partial charge in [0.1, 0.15) is 0 Å². The van der Waals surface area contributed by atoms with Gasteiger partial charge < -0.3 is 20.4 Å². The van der Waals surface area contributed by atoms with E-state index in [9.17, 15) is 32.3 Å². The molecule has 0 heterocycles. The standard InChI is InChI=1S/C20H26F3N3O8/c21-20(22,23)15-3-1-14(2-4-15)9-25(11-17(29)30)7-5-24(10-16(27)28)6-8-26(12-18(31)32)13-19(33)34/h1-4H,5-13H2,(H,27,28)(H,29,30)(H,31,32)(H,33,34). The number of rotatable bonds is 16. The molecule has 0 atom stereocenters. The first-order valence-electron chi connectivity index (χ1n) is 9.96. The summed E-state index contributed by atoms with van der Waals surface area (Å²) in [5.74, 6) is -4.90. The summed E-state index contributed by atoms with van der Waals surface area (Å²) in [7, 11) is 0. The quantitative estimate of drug-likeness (QED) is 0.253. The van der Waals surface area contributed by atoms with Gasteiger partial charge in [-0.2, -0.15) is 13.2 Å². The van der Waals surface area contributed by atoms with Gasteiger partial charge in [-0.05, 0) is 17.7 Å². The number of carboxylic acids is 4. The molecule has 190 valence electrons. The van der Waals surface area contributed by atoms with Gasteiger partial charge in [-0.15, -0.1) is 0 Å². The third kappa shape index (κ3) is 12.1. The summed E-state index contributed by atoms with van der Waals surface area (Å²) in [6.45, 7) is -2.04. The molecule has 14 heteroatoms. The highest BCUT2D eigenvalue weighted by Gasteiger charge is 2.30. The zero-order valence-corrected chi connectivity index (χ0v) is 18.1. The molecule has 0 bridgehead atoms. The van der Waals surface area contributed by atoms with Crippen LogP contribution >= 0.6 is 0 Å². The fourth-order valence-corrected chi connectivity index (χ4v) is 3.09. The molecule has 34 heavy (non-hydrogen) atoms. The Bertz CT molecular complexity index is 832. The lowest BCUT2D eigenvalue weighted by molar-refractivity contribution is -0.143. The smallest absolute Gasteiger partial charge is 0.416 e. The Morgan fingerprint density at radius 3 is 1.38 bits per heavy atom. The molecule has 0 aliphatic carbocycles. The van der Waals surface area contributed by atoms with Crippen molar-refractivity contribution < 1.29 is 52.8 Å². The number of halogens is 3. The Labute approximate surface area is 192 Å². The van der Waals surface area contributed by atoms with E-state index < -0.39 is 61.8 Å². The molecular weight excluding hydrogens is 467 g/mol. The number of hydrogen-bond donors (Lipinski definition) is 4. The van der Waals surface area contributed by atoms with Crippen LogP contribution < -0.4 is 0 Å². The third-order valence-corrected chi connectivity index (χ3v) is 4.59. The molecule has 0 aliphatic rings. The molecule has 0 aliphatic heterocycles. The molecule has 1 aromatic rings. The molecule has 11 nitrogen and oxygen atoms in total. The number of alkyl halides is 3. The Balaban J connectivity index is 2.83. The normalized spacial score (nSPS) is 11.8. The van der Waals surface area contributed by atoms with Gasteiger partial charge in [-0.1, -0.05) is 12.1 Å². The lowest BCUT2D eigenvalue weighted by Gasteiger charge is -2.28. The molecule has 1 aromatic carbocycles. The maximum absolute atomic E-state index is 12.7. The van der Waals surface area contributed by atoms with E-state index in [1.807, 2.05) is 0 Å². The van der Waals surface area contributed by atoms with Gasteiger partial charge in [0, 0.05) is 32.7 Å². The summed E-state index contributed by atoms with van der Waals surface area (Å²) in [5.41, 5.74) is -0.422. The second-order valence-electron chi connectivity index (χ2n) is 7.47. The van der Waals surface area contributed by atoms with Gasteiger partial charge in [-0.25, -0.2) is 0 Å². The SMILES string of the molecule is O=C(O)CN(CCN(CC(=O)O)CC(=O)O)CCN(CC(=O)O)Cc1ccc(C(F)(F)F)cc1. The topological polar surface area (TPSA) is 159 Å². The number of carboxylic acid groups (broad SMARTS) is 4. The van der Waals surface area contributed by atoms with Crippen LogP contribution in [0.1, 0.15) is 11.1 Å². The highest BCUT2D eigenvalue weighted by atomic mass is 19.4. The zero-order chi connectivity index (χ0) is 25.9. The first kappa shape index (κ1) is 28.8. The molecule has 0 spiro atoms. The number of hydrogen-bond acceptors (Lipinski definition) is 7. The van der Waals surface area contributed by atoms with E-state index in [1.54, 1.807) is 0 Å². The van der Waals surface area contributed by atoms with Crippen molar-refractivity contribution in [3.05, 3.63) is 35.4 Å². The van der Waals surface area contributed by atoms with Crippen molar-refractivity contribution in [2.75, 3.05) is 52.4 Å². The van der Waals surface area contributed by atoms with Crippen LogP contribution in [0.3, 0.4) is 0 Å². The minimum atomic E-state index is -4.51. The molecule has 1 rings (SSSR count). The van der Waals surface area contributed by atoms with E-state index in [0.29, 0.717) is 5.56 Å². The van der Waals surface area contributed by atoms with Crippen LogP contribution in [0.15, 0.2) is 24.3 Å². The van der Waals surface area contributed by atoms with Gasteiger partial charge in [0.2, 0.25) is 0 Å². The summed E-state index contributed by atoms with van der Waals surface area (Å²) >= 11 is 0. The van der Waals surface area contributed by atoms with Crippen molar-refractivity contribution in [3.63, 3.8) is 0 Å².